The van der Waals surface area contributed by atoms with E-state index in [9.17, 15) is 35.1 Å². The van der Waals surface area contributed by atoms with Crippen molar-refractivity contribution in [3.8, 4) is 11.5 Å². The Morgan fingerprint density at radius 1 is 0.941 bits per heavy atom. The van der Waals surface area contributed by atoms with Crippen molar-refractivity contribution in [1.82, 2.24) is 19.9 Å². The molecule has 0 aliphatic carbocycles. The molecule has 0 spiro atoms. The first-order valence-corrected chi connectivity index (χ1v) is 9.02. The van der Waals surface area contributed by atoms with Gasteiger partial charge in [0.2, 0.25) is 5.95 Å². The predicted octanol–water partition coefficient (Wildman–Crippen LogP) is 5.79. The molecule has 0 aliphatic heterocycles. The second-order valence-electron chi connectivity index (χ2n) is 6.72. The number of nitrogens with two attached hydrogens (primary N) is 1. The number of pyridine rings is 1. The molecule has 0 unspecified atom stereocenters. The number of alkyl halides is 6. The van der Waals surface area contributed by atoms with Gasteiger partial charge in [-0.05, 0) is 6.07 Å². The van der Waals surface area contributed by atoms with Gasteiger partial charge in [0.15, 0.2) is 23.1 Å². The molecular formula is C19H10F8N6O. The molecule has 0 fully saturated rings. The van der Waals surface area contributed by atoms with Gasteiger partial charge < -0.3 is 20.8 Å². The van der Waals surface area contributed by atoms with Crippen LogP contribution in [0.4, 0.5) is 52.6 Å². The molecule has 4 N–H and O–H groups in total. The third-order valence-corrected chi connectivity index (χ3v) is 4.36. The van der Waals surface area contributed by atoms with E-state index in [1.54, 1.807) is 0 Å². The average molecular weight is 490 g/mol. The Hall–Kier alpha value is -4.17. The van der Waals surface area contributed by atoms with E-state index in [4.69, 9.17) is 10.5 Å². The summed E-state index contributed by atoms with van der Waals surface area (Å²) in [5.74, 6) is -5.57. The first-order chi connectivity index (χ1) is 15.8. The summed E-state index contributed by atoms with van der Waals surface area (Å²) in [5, 5.41) is 1.71. The van der Waals surface area contributed by atoms with Crippen LogP contribution in [0.1, 0.15) is 11.3 Å². The summed E-state index contributed by atoms with van der Waals surface area (Å²) in [5.41, 5.74) is 2.07. The number of ether oxygens (including phenoxy) is 1. The quantitative estimate of drug-likeness (QED) is 0.313. The van der Waals surface area contributed by atoms with Gasteiger partial charge in [-0.2, -0.15) is 31.3 Å². The van der Waals surface area contributed by atoms with Crippen LogP contribution >= 0.6 is 0 Å². The summed E-state index contributed by atoms with van der Waals surface area (Å²) in [6, 6.07) is 2.74. The number of hydrogen-bond donors (Lipinski definition) is 3. The highest BCUT2D eigenvalue weighted by atomic mass is 19.4. The minimum absolute atomic E-state index is 0.231. The number of benzene rings is 1. The lowest BCUT2D eigenvalue weighted by molar-refractivity contribution is -0.141. The zero-order chi connectivity index (χ0) is 24.8. The van der Waals surface area contributed by atoms with E-state index in [0.29, 0.717) is 24.4 Å². The van der Waals surface area contributed by atoms with Crippen molar-refractivity contribution in [2.45, 2.75) is 12.4 Å². The molecule has 178 valence electrons. The fourth-order valence-electron chi connectivity index (χ4n) is 3.00. The molecule has 0 saturated carbocycles. The first kappa shape index (κ1) is 23.0. The molecule has 0 atom stereocenters. The van der Waals surface area contributed by atoms with Crippen LogP contribution in [0.2, 0.25) is 0 Å². The van der Waals surface area contributed by atoms with Gasteiger partial charge in [-0.15, -0.1) is 0 Å². The minimum atomic E-state index is -4.86. The lowest BCUT2D eigenvalue weighted by atomic mass is 10.2. The molecule has 7 nitrogen and oxygen atoms in total. The summed E-state index contributed by atoms with van der Waals surface area (Å²) >= 11 is 0. The summed E-state index contributed by atoms with van der Waals surface area (Å²) in [4.78, 5) is 12.6. The Kier molecular flexibility index (Phi) is 5.41. The van der Waals surface area contributed by atoms with Crippen molar-refractivity contribution < 1.29 is 39.9 Å². The van der Waals surface area contributed by atoms with E-state index >= 15 is 0 Å². The second-order valence-corrected chi connectivity index (χ2v) is 6.72. The third-order valence-electron chi connectivity index (χ3n) is 4.36. The van der Waals surface area contributed by atoms with Crippen LogP contribution in [0.3, 0.4) is 0 Å². The summed E-state index contributed by atoms with van der Waals surface area (Å²) in [6.45, 7) is 0. The zero-order valence-electron chi connectivity index (χ0n) is 16.3. The van der Waals surface area contributed by atoms with Crippen LogP contribution in [-0.4, -0.2) is 19.9 Å². The highest BCUT2D eigenvalue weighted by Crippen LogP contribution is 2.41. The number of hydrogen-bond acceptors (Lipinski definition) is 6. The molecule has 0 amide bonds. The minimum Gasteiger partial charge on any atom is -0.450 e. The predicted molar refractivity (Wildman–Crippen MR) is 102 cm³/mol. The number of anilines is 3. The highest BCUT2D eigenvalue weighted by Gasteiger charge is 2.36. The number of fused-ring (bicyclic) bond motifs is 1. The van der Waals surface area contributed by atoms with Gasteiger partial charge in [-0.25, -0.2) is 18.7 Å². The molecular weight excluding hydrogens is 480 g/mol. The molecule has 34 heavy (non-hydrogen) atoms. The van der Waals surface area contributed by atoms with Gasteiger partial charge in [0.05, 0.1) is 10.9 Å². The lowest BCUT2D eigenvalue weighted by Gasteiger charge is -2.13. The number of halogens is 8. The number of rotatable bonds is 4. The maximum atomic E-state index is 14.6. The van der Waals surface area contributed by atoms with E-state index in [1.165, 1.54) is 0 Å². The Morgan fingerprint density at radius 2 is 1.62 bits per heavy atom. The van der Waals surface area contributed by atoms with E-state index in [1.807, 2.05) is 0 Å². The highest BCUT2D eigenvalue weighted by molar-refractivity contribution is 5.87. The van der Waals surface area contributed by atoms with Crippen molar-refractivity contribution in [2.75, 3.05) is 11.1 Å². The van der Waals surface area contributed by atoms with Crippen LogP contribution < -0.4 is 15.8 Å². The molecule has 3 heterocycles. The Bertz CT molecular complexity index is 1360. The van der Waals surface area contributed by atoms with Gasteiger partial charge in [0.25, 0.3) is 0 Å². The largest absolute Gasteiger partial charge is 0.450 e. The second kappa shape index (κ2) is 8.00. The fraction of sp³-hybridized carbons (Fsp3) is 0.105. The van der Waals surface area contributed by atoms with E-state index in [-0.39, 0.29) is 11.3 Å². The van der Waals surface area contributed by atoms with Crippen molar-refractivity contribution in [3.63, 3.8) is 0 Å². The van der Waals surface area contributed by atoms with Gasteiger partial charge in [-0.3, -0.25) is 0 Å². The van der Waals surface area contributed by atoms with Crippen LogP contribution in [0, 0.1) is 11.6 Å². The number of aromatic nitrogens is 4. The van der Waals surface area contributed by atoms with E-state index < -0.39 is 63.9 Å². The number of nitrogens with one attached hydrogen (secondary N) is 2. The molecule has 1 aromatic carbocycles. The number of H-pyrrole nitrogens is 1. The molecule has 0 aliphatic rings. The lowest BCUT2D eigenvalue weighted by Crippen LogP contribution is -2.12. The van der Waals surface area contributed by atoms with Crippen LogP contribution in [0.15, 0.2) is 36.7 Å². The van der Waals surface area contributed by atoms with Gasteiger partial charge in [0, 0.05) is 36.3 Å². The molecule has 0 radical (unpaired) electrons. The van der Waals surface area contributed by atoms with E-state index in [0.717, 1.165) is 12.3 Å². The molecule has 0 bridgehead atoms. The first-order valence-electron chi connectivity index (χ1n) is 9.02. The van der Waals surface area contributed by atoms with Gasteiger partial charge >= 0.3 is 12.4 Å². The average Bonchev–Trinajstić information content (AvgIpc) is 3.15. The topological polar surface area (TPSA) is 102 Å². The smallest absolute Gasteiger partial charge is 0.433 e. The molecule has 15 heteroatoms. The maximum Gasteiger partial charge on any atom is 0.433 e. The van der Waals surface area contributed by atoms with Crippen LogP contribution in [0.25, 0.3) is 11.0 Å². The third kappa shape index (κ3) is 4.49. The number of nitrogens with zero attached hydrogens (tertiary/aromatic N) is 3. The van der Waals surface area contributed by atoms with Crippen molar-refractivity contribution >= 4 is 28.5 Å². The van der Waals surface area contributed by atoms with E-state index in [2.05, 4.69) is 25.3 Å². The monoisotopic (exact) mass is 490 g/mol. The Labute approximate surface area is 183 Å². The fourth-order valence-corrected chi connectivity index (χ4v) is 3.00. The normalized spacial score (nSPS) is 12.2. The zero-order valence-corrected chi connectivity index (χ0v) is 16.3. The number of nitrogen functional groups attached to an aromatic ring is 1. The van der Waals surface area contributed by atoms with Crippen molar-refractivity contribution in [1.29, 1.82) is 0 Å². The summed E-state index contributed by atoms with van der Waals surface area (Å²) in [6.07, 6.45) is -7.96. The van der Waals surface area contributed by atoms with Crippen molar-refractivity contribution in [2.24, 2.45) is 0 Å². The number of aromatic amines is 1. The molecule has 0 saturated heterocycles. The summed E-state index contributed by atoms with van der Waals surface area (Å²) < 4.78 is 113. The van der Waals surface area contributed by atoms with Crippen molar-refractivity contribution in [3.05, 3.63) is 59.6 Å². The van der Waals surface area contributed by atoms with Crippen LogP contribution in [0.5, 0.6) is 11.5 Å². The van der Waals surface area contributed by atoms with Crippen LogP contribution in [-0.2, 0) is 12.4 Å². The molecule has 4 aromatic rings. The SMILES string of the molecule is Nc1nc(Nc2cc(F)c(Oc3ccnc4[nH]cc(C(F)(F)F)c34)c(F)c2)cc(C(F)(F)F)n1. The summed E-state index contributed by atoms with van der Waals surface area (Å²) in [7, 11) is 0. The Balaban J connectivity index is 1.68. The molecule has 4 rings (SSSR count). The van der Waals surface area contributed by atoms with Gasteiger partial charge in [0.1, 0.15) is 17.2 Å². The Morgan fingerprint density at radius 3 is 2.24 bits per heavy atom. The maximum absolute atomic E-state index is 14.6. The van der Waals surface area contributed by atoms with Gasteiger partial charge in [-0.1, -0.05) is 0 Å². The molecule has 3 aromatic heterocycles. The standard InChI is InChI=1S/C19H10F8N6O/c20-9-3-7(31-13-5-12(19(25,26)27)32-17(28)33-13)4-10(21)15(9)34-11-1-2-29-16-14(11)8(6-30-16)18(22,23)24/h1-6H,(H,29,30)(H3,28,31,32,33).